The lowest BCUT2D eigenvalue weighted by Crippen LogP contribution is -2.43. The van der Waals surface area contributed by atoms with Gasteiger partial charge in [-0.1, -0.05) is 24.3 Å². The number of nitrogens with one attached hydrogen (secondary N) is 1. The van der Waals surface area contributed by atoms with Crippen LogP contribution in [-0.2, 0) is 11.2 Å². The molecule has 1 N–H and O–H groups in total. The van der Waals surface area contributed by atoms with Crippen LogP contribution in [0.3, 0.4) is 0 Å². The van der Waals surface area contributed by atoms with Crippen LogP contribution in [0.25, 0.3) is 0 Å². The number of hydrogen-bond acceptors (Lipinski definition) is 4. The molecule has 1 saturated heterocycles. The predicted octanol–water partition coefficient (Wildman–Crippen LogP) is 2.87. The van der Waals surface area contributed by atoms with E-state index < -0.39 is 5.95 Å². The molecule has 2 aromatic rings. The molecule has 0 radical (unpaired) electrons. The number of para-hydroxylation sites is 1. The van der Waals surface area contributed by atoms with Gasteiger partial charge in [0.2, 0.25) is 11.9 Å². The molecule has 0 saturated carbocycles. The van der Waals surface area contributed by atoms with E-state index in [9.17, 15) is 9.18 Å². The van der Waals surface area contributed by atoms with Crippen LogP contribution < -0.4 is 10.1 Å². The average Bonchev–Trinajstić information content (AvgIpc) is 2.63. The Hall–Kier alpha value is -2.63. The van der Waals surface area contributed by atoms with E-state index in [4.69, 9.17) is 4.74 Å². The molecule has 2 heterocycles. The third kappa shape index (κ3) is 4.47. The summed E-state index contributed by atoms with van der Waals surface area (Å²) in [5.74, 6) is 0.893. The van der Waals surface area contributed by atoms with Gasteiger partial charge in [0.15, 0.2) is 0 Å². The molecule has 1 fully saturated rings. The minimum atomic E-state index is -0.491. The molecule has 1 aliphatic rings. The molecule has 1 aromatic heterocycles. The average molecular weight is 343 g/mol. The van der Waals surface area contributed by atoms with Crippen molar-refractivity contribution in [3.8, 4) is 5.75 Å². The summed E-state index contributed by atoms with van der Waals surface area (Å²) in [6.07, 6.45) is 1.97. The number of methoxy groups -OCH3 is 1. The molecule has 1 amide bonds. The van der Waals surface area contributed by atoms with Crippen molar-refractivity contribution in [2.24, 2.45) is 0 Å². The van der Waals surface area contributed by atoms with Gasteiger partial charge in [-0.2, -0.15) is 4.39 Å². The first-order valence-electron chi connectivity index (χ1n) is 8.44. The van der Waals surface area contributed by atoms with E-state index in [0.29, 0.717) is 25.3 Å². The number of likely N-dealkylation sites (tertiary alicyclic amines) is 1. The standard InChI is InChI=1S/C19H22FN3O2/c1-25-16-6-3-2-5-14(16)13-19(24)23-11-9-15(10-12-23)21-18-8-4-7-17(20)22-18/h2-8,15H,9-13H2,1H3,(H,21,22). The zero-order valence-electron chi connectivity index (χ0n) is 14.2. The van der Waals surface area contributed by atoms with Crippen LogP contribution >= 0.6 is 0 Å². The van der Waals surface area contributed by atoms with Crippen LogP contribution in [0.15, 0.2) is 42.5 Å². The van der Waals surface area contributed by atoms with Crippen LogP contribution in [0, 0.1) is 5.95 Å². The SMILES string of the molecule is COc1ccccc1CC(=O)N1CCC(Nc2cccc(F)n2)CC1. The molecule has 0 spiro atoms. The summed E-state index contributed by atoms with van der Waals surface area (Å²) in [6.45, 7) is 1.36. The van der Waals surface area contributed by atoms with Gasteiger partial charge < -0.3 is 15.0 Å². The summed E-state index contributed by atoms with van der Waals surface area (Å²) in [7, 11) is 1.61. The maximum Gasteiger partial charge on any atom is 0.227 e. The van der Waals surface area contributed by atoms with Gasteiger partial charge in [0.25, 0.3) is 0 Å². The zero-order chi connectivity index (χ0) is 17.6. The summed E-state index contributed by atoms with van der Waals surface area (Å²) in [5.41, 5.74) is 0.902. The van der Waals surface area contributed by atoms with Crippen molar-refractivity contribution in [2.45, 2.75) is 25.3 Å². The third-order valence-electron chi connectivity index (χ3n) is 4.45. The zero-order valence-corrected chi connectivity index (χ0v) is 14.2. The largest absolute Gasteiger partial charge is 0.496 e. The van der Waals surface area contributed by atoms with Crippen LogP contribution in [0.5, 0.6) is 5.75 Å². The summed E-state index contributed by atoms with van der Waals surface area (Å²) in [6, 6.07) is 12.5. The van der Waals surface area contributed by atoms with E-state index in [1.54, 1.807) is 19.2 Å². The fourth-order valence-electron chi connectivity index (χ4n) is 3.09. The number of carbonyl (C=O) groups is 1. The van der Waals surface area contributed by atoms with Gasteiger partial charge in [-0.25, -0.2) is 4.98 Å². The fraction of sp³-hybridized carbons (Fsp3) is 0.368. The fourth-order valence-corrected chi connectivity index (χ4v) is 3.09. The topological polar surface area (TPSA) is 54.5 Å². The molecule has 25 heavy (non-hydrogen) atoms. The number of benzene rings is 1. The number of nitrogens with zero attached hydrogens (tertiary/aromatic N) is 2. The van der Waals surface area contributed by atoms with Gasteiger partial charge in [0.1, 0.15) is 11.6 Å². The Morgan fingerprint density at radius 2 is 2.00 bits per heavy atom. The van der Waals surface area contributed by atoms with E-state index in [1.807, 2.05) is 29.2 Å². The van der Waals surface area contributed by atoms with E-state index in [-0.39, 0.29) is 11.9 Å². The molecule has 0 atom stereocenters. The van der Waals surface area contributed by atoms with Gasteiger partial charge in [-0.3, -0.25) is 4.79 Å². The van der Waals surface area contributed by atoms with Gasteiger partial charge in [0.05, 0.1) is 13.5 Å². The lowest BCUT2D eigenvalue weighted by Gasteiger charge is -2.32. The number of amides is 1. The lowest BCUT2D eigenvalue weighted by atomic mass is 10.0. The molecule has 0 aliphatic carbocycles. The van der Waals surface area contributed by atoms with Crippen molar-refractivity contribution in [2.75, 3.05) is 25.5 Å². The first kappa shape index (κ1) is 17.2. The Morgan fingerprint density at radius 3 is 2.72 bits per heavy atom. The number of carbonyl (C=O) groups excluding carboxylic acids is 1. The molecule has 5 nitrogen and oxygen atoms in total. The van der Waals surface area contributed by atoms with Gasteiger partial charge >= 0.3 is 0 Å². The summed E-state index contributed by atoms with van der Waals surface area (Å²) in [5, 5.41) is 3.24. The highest BCUT2D eigenvalue weighted by Gasteiger charge is 2.23. The number of halogens is 1. The molecule has 6 heteroatoms. The Labute approximate surface area is 146 Å². The second-order valence-electron chi connectivity index (χ2n) is 6.13. The van der Waals surface area contributed by atoms with Crippen molar-refractivity contribution < 1.29 is 13.9 Å². The van der Waals surface area contributed by atoms with Gasteiger partial charge in [-0.15, -0.1) is 0 Å². The molecule has 0 unspecified atom stereocenters. The molecular formula is C19H22FN3O2. The number of ether oxygens (including phenoxy) is 1. The van der Waals surface area contributed by atoms with Gasteiger partial charge in [-0.05, 0) is 31.0 Å². The number of aromatic nitrogens is 1. The molecule has 132 valence electrons. The van der Waals surface area contributed by atoms with Crippen LogP contribution in [-0.4, -0.2) is 42.0 Å². The second-order valence-corrected chi connectivity index (χ2v) is 6.13. The maximum absolute atomic E-state index is 13.1. The monoisotopic (exact) mass is 343 g/mol. The van der Waals surface area contributed by atoms with Gasteiger partial charge in [0, 0.05) is 24.7 Å². The third-order valence-corrected chi connectivity index (χ3v) is 4.45. The number of anilines is 1. The molecule has 3 rings (SSSR count). The summed E-state index contributed by atoms with van der Waals surface area (Å²) in [4.78, 5) is 18.2. The molecular weight excluding hydrogens is 321 g/mol. The number of pyridine rings is 1. The highest BCUT2D eigenvalue weighted by Crippen LogP contribution is 2.20. The Bertz CT molecular complexity index is 730. The summed E-state index contributed by atoms with van der Waals surface area (Å²) < 4.78 is 18.5. The van der Waals surface area contributed by atoms with Crippen molar-refractivity contribution in [1.29, 1.82) is 0 Å². The highest BCUT2D eigenvalue weighted by atomic mass is 19.1. The quantitative estimate of drug-likeness (QED) is 0.848. The minimum Gasteiger partial charge on any atom is -0.496 e. The number of hydrogen-bond donors (Lipinski definition) is 1. The van der Waals surface area contributed by atoms with E-state index in [0.717, 1.165) is 24.2 Å². The Balaban J connectivity index is 1.52. The first-order valence-corrected chi connectivity index (χ1v) is 8.44. The minimum absolute atomic E-state index is 0.104. The Kier molecular flexibility index (Phi) is 5.48. The van der Waals surface area contributed by atoms with Crippen LogP contribution in [0.1, 0.15) is 18.4 Å². The molecule has 0 bridgehead atoms. The number of rotatable bonds is 5. The second kappa shape index (κ2) is 7.96. The number of piperidine rings is 1. The van der Waals surface area contributed by atoms with Crippen molar-refractivity contribution in [3.05, 3.63) is 54.0 Å². The van der Waals surface area contributed by atoms with Crippen LogP contribution in [0.4, 0.5) is 10.2 Å². The van der Waals surface area contributed by atoms with E-state index in [2.05, 4.69) is 10.3 Å². The van der Waals surface area contributed by atoms with Crippen molar-refractivity contribution >= 4 is 11.7 Å². The predicted molar refractivity (Wildman–Crippen MR) is 94.1 cm³/mol. The van der Waals surface area contributed by atoms with Crippen molar-refractivity contribution in [3.63, 3.8) is 0 Å². The summed E-state index contributed by atoms with van der Waals surface area (Å²) >= 11 is 0. The smallest absolute Gasteiger partial charge is 0.227 e. The first-order chi connectivity index (χ1) is 12.2. The molecule has 1 aromatic carbocycles. The highest BCUT2D eigenvalue weighted by molar-refractivity contribution is 5.79. The Morgan fingerprint density at radius 1 is 1.24 bits per heavy atom. The lowest BCUT2D eigenvalue weighted by molar-refractivity contribution is -0.131. The van der Waals surface area contributed by atoms with E-state index in [1.165, 1.54) is 6.07 Å². The maximum atomic E-state index is 13.1. The van der Waals surface area contributed by atoms with Crippen LogP contribution in [0.2, 0.25) is 0 Å². The normalized spacial score (nSPS) is 15.0. The van der Waals surface area contributed by atoms with Crippen molar-refractivity contribution in [1.82, 2.24) is 9.88 Å². The molecule has 1 aliphatic heterocycles. The van der Waals surface area contributed by atoms with E-state index >= 15 is 0 Å².